The summed E-state index contributed by atoms with van der Waals surface area (Å²) in [5.41, 5.74) is 0.604. The average Bonchev–Trinajstić information content (AvgIpc) is 2.54. The van der Waals surface area contributed by atoms with E-state index >= 15 is 0 Å². The van der Waals surface area contributed by atoms with Crippen LogP contribution in [0.4, 0.5) is 10.5 Å². The maximum atomic E-state index is 11.7. The first-order chi connectivity index (χ1) is 10.6. The number of amides is 1. The van der Waals surface area contributed by atoms with Crippen LogP contribution in [0.2, 0.25) is 0 Å². The molecule has 1 heterocycles. The molecule has 22 heavy (non-hydrogen) atoms. The first kappa shape index (κ1) is 16.3. The topological polar surface area (TPSA) is 58.0 Å². The van der Waals surface area contributed by atoms with Gasteiger partial charge in [0, 0.05) is 33.4 Å². The zero-order valence-corrected chi connectivity index (χ0v) is 13.5. The van der Waals surface area contributed by atoms with Gasteiger partial charge in [-0.3, -0.25) is 4.98 Å². The van der Waals surface area contributed by atoms with E-state index in [0.717, 1.165) is 0 Å². The van der Waals surface area contributed by atoms with Crippen molar-refractivity contribution in [3.63, 3.8) is 0 Å². The number of hydrogen-bond donors (Lipinski definition) is 0. The number of aromatic nitrogens is 1. The standard InChI is InChI=1S/C16H24N4O2/c1-19(2)16(21)22-15-11-17-10-9-14(15)18-12-20(3)13-7-5-4-6-8-13/h9-13H,4-8H2,1-3H3. The molecule has 1 aromatic rings. The third-order valence-corrected chi connectivity index (χ3v) is 3.85. The summed E-state index contributed by atoms with van der Waals surface area (Å²) in [6.07, 6.45) is 10.8. The van der Waals surface area contributed by atoms with Crippen LogP contribution in [0.5, 0.6) is 5.75 Å². The van der Waals surface area contributed by atoms with E-state index in [1.165, 1.54) is 43.2 Å². The number of carbonyl (C=O) groups is 1. The Morgan fingerprint density at radius 1 is 1.32 bits per heavy atom. The third kappa shape index (κ3) is 4.44. The molecule has 120 valence electrons. The van der Waals surface area contributed by atoms with Gasteiger partial charge < -0.3 is 14.5 Å². The summed E-state index contributed by atoms with van der Waals surface area (Å²) in [4.78, 5) is 23.6. The summed E-state index contributed by atoms with van der Waals surface area (Å²) < 4.78 is 5.28. The van der Waals surface area contributed by atoms with Gasteiger partial charge in [0.05, 0.1) is 12.5 Å². The van der Waals surface area contributed by atoms with Gasteiger partial charge >= 0.3 is 6.09 Å². The van der Waals surface area contributed by atoms with Gasteiger partial charge in [-0.25, -0.2) is 9.79 Å². The fourth-order valence-electron chi connectivity index (χ4n) is 2.48. The van der Waals surface area contributed by atoms with Crippen molar-refractivity contribution in [1.82, 2.24) is 14.8 Å². The number of ether oxygens (including phenoxy) is 1. The summed E-state index contributed by atoms with van der Waals surface area (Å²) in [6, 6.07) is 2.29. The van der Waals surface area contributed by atoms with E-state index in [0.29, 0.717) is 17.5 Å². The maximum absolute atomic E-state index is 11.7. The van der Waals surface area contributed by atoms with E-state index in [-0.39, 0.29) is 0 Å². The molecular weight excluding hydrogens is 280 g/mol. The molecule has 0 unspecified atom stereocenters. The lowest BCUT2D eigenvalue weighted by Gasteiger charge is -2.29. The van der Waals surface area contributed by atoms with Crippen LogP contribution >= 0.6 is 0 Å². The highest BCUT2D eigenvalue weighted by Crippen LogP contribution is 2.26. The van der Waals surface area contributed by atoms with Crippen molar-refractivity contribution in [3.05, 3.63) is 18.5 Å². The summed E-state index contributed by atoms with van der Waals surface area (Å²) >= 11 is 0. The minimum atomic E-state index is -0.440. The molecule has 1 fully saturated rings. The van der Waals surface area contributed by atoms with Crippen LogP contribution in [0.15, 0.2) is 23.5 Å². The van der Waals surface area contributed by atoms with Crippen molar-refractivity contribution < 1.29 is 9.53 Å². The Balaban J connectivity index is 2.05. The lowest BCUT2D eigenvalue weighted by atomic mass is 9.95. The molecule has 1 saturated carbocycles. The second-order valence-electron chi connectivity index (χ2n) is 5.81. The highest BCUT2D eigenvalue weighted by Gasteiger charge is 2.16. The SMILES string of the molecule is CN(C)C(=O)Oc1cnccc1N=CN(C)C1CCCCC1. The Morgan fingerprint density at radius 2 is 2.05 bits per heavy atom. The zero-order valence-electron chi connectivity index (χ0n) is 13.5. The predicted molar refractivity (Wildman–Crippen MR) is 86.7 cm³/mol. The van der Waals surface area contributed by atoms with Crippen molar-refractivity contribution in [2.75, 3.05) is 21.1 Å². The summed E-state index contributed by atoms with van der Waals surface area (Å²) in [5.74, 6) is 0.370. The molecule has 0 atom stereocenters. The average molecular weight is 304 g/mol. The molecule has 0 aliphatic heterocycles. The number of carbonyl (C=O) groups excluding carboxylic acids is 1. The molecule has 0 N–H and O–H groups in total. The smallest absolute Gasteiger partial charge is 0.406 e. The number of pyridine rings is 1. The van der Waals surface area contributed by atoms with Gasteiger partial charge in [-0.05, 0) is 18.9 Å². The quantitative estimate of drug-likeness (QED) is 0.633. The van der Waals surface area contributed by atoms with Crippen LogP contribution < -0.4 is 4.74 Å². The first-order valence-corrected chi connectivity index (χ1v) is 7.67. The Morgan fingerprint density at radius 3 is 2.73 bits per heavy atom. The molecule has 1 aromatic heterocycles. The molecule has 0 bridgehead atoms. The van der Waals surface area contributed by atoms with E-state index < -0.39 is 6.09 Å². The van der Waals surface area contributed by atoms with Crippen molar-refractivity contribution in [2.45, 2.75) is 38.1 Å². The van der Waals surface area contributed by atoms with Gasteiger partial charge in [-0.15, -0.1) is 0 Å². The Hall–Kier alpha value is -2.11. The number of rotatable bonds is 4. The second-order valence-corrected chi connectivity index (χ2v) is 5.81. The monoisotopic (exact) mass is 304 g/mol. The van der Waals surface area contributed by atoms with Crippen molar-refractivity contribution in [2.24, 2.45) is 4.99 Å². The minimum absolute atomic E-state index is 0.370. The summed E-state index contributed by atoms with van der Waals surface area (Å²) in [7, 11) is 5.32. The fourth-order valence-corrected chi connectivity index (χ4v) is 2.48. The highest BCUT2D eigenvalue weighted by atomic mass is 16.6. The Kier molecular flexibility index (Phi) is 5.75. The van der Waals surface area contributed by atoms with Crippen LogP contribution in [-0.4, -0.2) is 54.4 Å². The van der Waals surface area contributed by atoms with Gasteiger partial charge in [0.1, 0.15) is 5.69 Å². The number of nitrogens with zero attached hydrogens (tertiary/aromatic N) is 4. The molecule has 6 nitrogen and oxygen atoms in total. The number of hydrogen-bond acceptors (Lipinski definition) is 4. The predicted octanol–water partition coefficient (Wildman–Crippen LogP) is 3.07. The first-order valence-electron chi connectivity index (χ1n) is 7.67. The molecule has 1 aliphatic carbocycles. The van der Waals surface area contributed by atoms with E-state index in [2.05, 4.69) is 14.9 Å². The van der Waals surface area contributed by atoms with Gasteiger partial charge in [-0.2, -0.15) is 0 Å². The minimum Gasteiger partial charge on any atom is -0.406 e. The maximum Gasteiger partial charge on any atom is 0.414 e. The summed E-state index contributed by atoms with van der Waals surface area (Å²) in [5, 5.41) is 0. The molecular formula is C16H24N4O2. The molecule has 0 radical (unpaired) electrons. The molecule has 1 aliphatic rings. The van der Waals surface area contributed by atoms with Gasteiger partial charge in [-0.1, -0.05) is 19.3 Å². The molecule has 6 heteroatoms. The lowest BCUT2D eigenvalue weighted by molar-refractivity contribution is 0.172. The molecule has 1 amide bonds. The second kappa shape index (κ2) is 7.77. The van der Waals surface area contributed by atoms with Crippen LogP contribution in [0.25, 0.3) is 0 Å². The molecule has 2 rings (SSSR count). The Bertz CT molecular complexity index is 525. The van der Waals surface area contributed by atoms with E-state index in [1.807, 2.05) is 13.4 Å². The third-order valence-electron chi connectivity index (χ3n) is 3.85. The van der Waals surface area contributed by atoms with E-state index in [9.17, 15) is 4.79 Å². The lowest BCUT2D eigenvalue weighted by Crippen LogP contribution is -2.32. The molecule has 0 saturated heterocycles. The van der Waals surface area contributed by atoms with Crippen LogP contribution in [0.3, 0.4) is 0 Å². The van der Waals surface area contributed by atoms with E-state index in [4.69, 9.17) is 4.74 Å². The van der Waals surface area contributed by atoms with Crippen LogP contribution in [0, 0.1) is 0 Å². The van der Waals surface area contributed by atoms with Gasteiger partial charge in [0.15, 0.2) is 5.75 Å². The van der Waals surface area contributed by atoms with Crippen molar-refractivity contribution in [1.29, 1.82) is 0 Å². The highest BCUT2D eigenvalue weighted by molar-refractivity contribution is 5.73. The molecule has 0 aromatic carbocycles. The largest absolute Gasteiger partial charge is 0.414 e. The van der Waals surface area contributed by atoms with Crippen molar-refractivity contribution >= 4 is 18.1 Å². The number of aliphatic imine (C=N–C) groups is 1. The normalized spacial score (nSPS) is 15.8. The van der Waals surface area contributed by atoms with Crippen LogP contribution in [-0.2, 0) is 0 Å². The van der Waals surface area contributed by atoms with Crippen molar-refractivity contribution in [3.8, 4) is 5.75 Å². The van der Waals surface area contributed by atoms with Gasteiger partial charge in [0.2, 0.25) is 0 Å². The summed E-state index contributed by atoms with van der Waals surface area (Å²) in [6.45, 7) is 0. The van der Waals surface area contributed by atoms with Crippen LogP contribution in [0.1, 0.15) is 32.1 Å². The fraction of sp³-hybridized carbons (Fsp3) is 0.562. The zero-order chi connectivity index (χ0) is 15.9. The van der Waals surface area contributed by atoms with E-state index in [1.54, 1.807) is 26.4 Å². The van der Waals surface area contributed by atoms with Gasteiger partial charge in [0.25, 0.3) is 0 Å². The molecule has 0 spiro atoms. The Labute approximate surface area is 131 Å².